The lowest BCUT2D eigenvalue weighted by Crippen LogP contribution is -2.38. The summed E-state index contributed by atoms with van der Waals surface area (Å²) in [5.74, 6) is 0.557. The summed E-state index contributed by atoms with van der Waals surface area (Å²) in [5, 5.41) is 2.61. The summed E-state index contributed by atoms with van der Waals surface area (Å²) >= 11 is 0. The van der Waals surface area contributed by atoms with Crippen LogP contribution in [0.3, 0.4) is 0 Å². The first-order chi connectivity index (χ1) is 10.2. The molecule has 0 atom stereocenters. The minimum atomic E-state index is -0.0749. The predicted molar refractivity (Wildman–Crippen MR) is 85.2 cm³/mol. The maximum atomic E-state index is 11.5. The van der Waals surface area contributed by atoms with Crippen molar-refractivity contribution in [3.8, 4) is 0 Å². The van der Waals surface area contributed by atoms with Gasteiger partial charge in [0.1, 0.15) is 0 Å². The number of carbonyl (C=O) groups excluding carboxylic acids is 1. The summed E-state index contributed by atoms with van der Waals surface area (Å²) < 4.78 is 0. The standard InChI is InChI=1S/C16H24N4O/c1-18-15(21)14-8-6-13(7-9-14)12-19-16(17)20-10-4-2-3-5-11-20/h6-9H,2-5,10-12H2,1H3,(H2,17,19)(H,18,21). The zero-order valence-electron chi connectivity index (χ0n) is 12.6. The molecule has 1 saturated heterocycles. The molecule has 1 heterocycles. The number of nitrogens with zero attached hydrogens (tertiary/aromatic N) is 2. The van der Waals surface area contributed by atoms with E-state index in [2.05, 4.69) is 15.2 Å². The van der Waals surface area contributed by atoms with Crippen LogP contribution in [-0.4, -0.2) is 36.9 Å². The molecule has 5 nitrogen and oxygen atoms in total. The summed E-state index contributed by atoms with van der Waals surface area (Å²) in [6.45, 7) is 2.56. The SMILES string of the molecule is CNC(=O)c1ccc(CN=C(N)N2CCCCCC2)cc1. The van der Waals surface area contributed by atoms with Gasteiger partial charge in [0.2, 0.25) is 0 Å². The van der Waals surface area contributed by atoms with Crippen molar-refractivity contribution < 1.29 is 4.79 Å². The Bertz CT molecular complexity index is 488. The van der Waals surface area contributed by atoms with Gasteiger partial charge >= 0.3 is 0 Å². The first kappa shape index (κ1) is 15.4. The molecule has 1 aliphatic heterocycles. The molecule has 1 fully saturated rings. The predicted octanol–water partition coefficient (Wildman–Crippen LogP) is 1.74. The molecular formula is C16H24N4O. The van der Waals surface area contributed by atoms with Gasteiger partial charge in [-0.05, 0) is 30.5 Å². The number of aliphatic imine (C=N–C) groups is 1. The lowest BCUT2D eigenvalue weighted by Gasteiger charge is -2.21. The second kappa shape index (κ2) is 7.67. The van der Waals surface area contributed by atoms with E-state index < -0.39 is 0 Å². The monoisotopic (exact) mass is 288 g/mol. The molecule has 1 amide bonds. The highest BCUT2D eigenvalue weighted by Crippen LogP contribution is 2.10. The zero-order valence-corrected chi connectivity index (χ0v) is 12.6. The fraction of sp³-hybridized carbons (Fsp3) is 0.500. The fourth-order valence-corrected chi connectivity index (χ4v) is 2.48. The van der Waals surface area contributed by atoms with E-state index in [4.69, 9.17) is 5.73 Å². The number of rotatable bonds is 3. The van der Waals surface area contributed by atoms with Crippen molar-refractivity contribution in [2.75, 3.05) is 20.1 Å². The first-order valence-electron chi connectivity index (χ1n) is 7.56. The Hall–Kier alpha value is -2.04. The van der Waals surface area contributed by atoms with Crippen molar-refractivity contribution >= 4 is 11.9 Å². The molecule has 1 aromatic carbocycles. The fourth-order valence-electron chi connectivity index (χ4n) is 2.48. The second-order valence-corrected chi connectivity index (χ2v) is 5.35. The number of carbonyl (C=O) groups is 1. The van der Waals surface area contributed by atoms with Gasteiger partial charge in [-0.15, -0.1) is 0 Å². The van der Waals surface area contributed by atoms with Gasteiger partial charge in [0.15, 0.2) is 5.96 Å². The molecule has 3 N–H and O–H groups in total. The van der Waals surface area contributed by atoms with Crippen LogP contribution in [-0.2, 0) is 6.54 Å². The molecule has 1 aromatic rings. The van der Waals surface area contributed by atoms with Gasteiger partial charge in [0.25, 0.3) is 5.91 Å². The van der Waals surface area contributed by atoms with Crippen LogP contribution in [0.25, 0.3) is 0 Å². The summed E-state index contributed by atoms with van der Waals surface area (Å²) in [4.78, 5) is 18.1. The van der Waals surface area contributed by atoms with E-state index in [1.807, 2.05) is 24.3 Å². The molecule has 1 aliphatic rings. The van der Waals surface area contributed by atoms with Gasteiger partial charge in [-0.3, -0.25) is 4.79 Å². The minimum absolute atomic E-state index is 0.0749. The van der Waals surface area contributed by atoms with Gasteiger partial charge in [-0.25, -0.2) is 4.99 Å². The van der Waals surface area contributed by atoms with Crippen LogP contribution in [0.15, 0.2) is 29.3 Å². The number of hydrogen-bond donors (Lipinski definition) is 2. The zero-order chi connectivity index (χ0) is 15.1. The van der Waals surface area contributed by atoms with Crippen LogP contribution in [0.4, 0.5) is 0 Å². The highest BCUT2D eigenvalue weighted by atomic mass is 16.1. The van der Waals surface area contributed by atoms with Gasteiger partial charge in [-0.1, -0.05) is 25.0 Å². The van der Waals surface area contributed by atoms with E-state index in [-0.39, 0.29) is 5.91 Å². The first-order valence-corrected chi connectivity index (χ1v) is 7.56. The van der Waals surface area contributed by atoms with E-state index in [1.54, 1.807) is 7.05 Å². The normalized spacial score (nSPS) is 16.4. The van der Waals surface area contributed by atoms with Crippen molar-refractivity contribution in [2.24, 2.45) is 10.7 Å². The Morgan fingerprint density at radius 1 is 1.19 bits per heavy atom. The second-order valence-electron chi connectivity index (χ2n) is 5.35. The minimum Gasteiger partial charge on any atom is -0.370 e. The quantitative estimate of drug-likeness (QED) is 0.657. The van der Waals surface area contributed by atoms with E-state index in [0.29, 0.717) is 18.1 Å². The average Bonchev–Trinajstić information content (AvgIpc) is 2.81. The molecule has 0 radical (unpaired) electrons. The van der Waals surface area contributed by atoms with E-state index in [9.17, 15) is 4.79 Å². The molecule has 0 aromatic heterocycles. The van der Waals surface area contributed by atoms with Crippen LogP contribution < -0.4 is 11.1 Å². The lowest BCUT2D eigenvalue weighted by atomic mass is 10.1. The highest BCUT2D eigenvalue weighted by molar-refractivity contribution is 5.93. The third-order valence-electron chi connectivity index (χ3n) is 3.80. The Labute approximate surface area is 126 Å². The summed E-state index contributed by atoms with van der Waals surface area (Å²) in [5.41, 5.74) is 7.79. The molecular weight excluding hydrogens is 264 g/mol. The van der Waals surface area contributed by atoms with Crippen molar-refractivity contribution in [3.63, 3.8) is 0 Å². The number of benzene rings is 1. The number of hydrogen-bond acceptors (Lipinski definition) is 2. The van der Waals surface area contributed by atoms with Gasteiger partial charge < -0.3 is 16.0 Å². The summed E-state index contributed by atoms with van der Waals surface area (Å²) in [6, 6.07) is 7.46. The molecule has 0 saturated carbocycles. The lowest BCUT2D eigenvalue weighted by molar-refractivity contribution is 0.0963. The number of nitrogens with one attached hydrogen (secondary N) is 1. The molecule has 2 rings (SSSR count). The van der Waals surface area contributed by atoms with Crippen molar-refractivity contribution in [3.05, 3.63) is 35.4 Å². The van der Waals surface area contributed by atoms with Crippen LogP contribution >= 0.6 is 0 Å². The Morgan fingerprint density at radius 3 is 2.38 bits per heavy atom. The smallest absolute Gasteiger partial charge is 0.251 e. The maximum absolute atomic E-state index is 11.5. The topological polar surface area (TPSA) is 70.7 Å². The Kier molecular flexibility index (Phi) is 5.60. The van der Waals surface area contributed by atoms with Crippen LogP contribution in [0.5, 0.6) is 0 Å². The highest BCUT2D eigenvalue weighted by Gasteiger charge is 2.10. The Balaban J connectivity index is 1.94. The van der Waals surface area contributed by atoms with E-state index >= 15 is 0 Å². The van der Waals surface area contributed by atoms with Crippen molar-refractivity contribution in [2.45, 2.75) is 32.2 Å². The van der Waals surface area contributed by atoms with E-state index in [0.717, 1.165) is 18.7 Å². The van der Waals surface area contributed by atoms with Gasteiger partial charge in [-0.2, -0.15) is 0 Å². The third kappa shape index (κ3) is 4.48. The van der Waals surface area contributed by atoms with Gasteiger partial charge in [0, 0.05) is 25.7 Å². The largest absolute Gasteiger partial charge is 0.370 e. The van der Waals surface area contributed by atoms with E-state index in [1.165, 1.54) is 25.7 Å². The molecule has 114 valence electrons. The van der Waals surface area contributed by atoms with Crippen LogP contribution in [0.1, 0.15) is 41.6 Å². The molecule has 0 aliphatic carbocycles. The number of guanidine groups is 1. The molecule has 0 spiro atoms. The van der Waals surface area contributed by atoms with Crippen LogP contribution in [0, 0.1) is 0 Å². The molecule has 5 heteroatoms. The maximum Gasteiger partial charge on any atom is 0.251 e. The van der Waals surface area contributed by atoms with Crippen molar-refractivity contribution in [1.29, 1.82) is 0 Å². The summed E-state index contributed by atoms with van der Waals surface area (Å²) in [7, 11) is 1.63. The summed E-state index contributed by atoms with van der Waals surface area (Å²) in [6.07, 6.45) is 4.95. The Morgan fingerprint density at radius 2 is 1.81 bits per heavy atom. The molecule has 0 bridgehead atoms. The molecule has 0 unspecified atom stereocenters. The van der Waals surface area contributed by atoms with Gasteiger partial charge in [0.05, 0.1) is 6.54 Å². The molecule has 21 heavy (non-hydrogen) atoms. The number of amides is 1. The van der Waals surface area contributed by atoms with Crippen LogP contribution in [0.2, 0.25) is 0 Å². The third-order valence-corrected chi connectivity index (χ3v) is 3.80. The average molecular weight is 288 g/mol. The number of likely N-dealkylation sites (tertiary alicyclic amines) is 1. The van der Waals surface area contributed by atoms with Crippen molar-refractivity contribution in [1.82, 2.24) is 10.2 Å². The number of nitrogens with two attached hydrogens (primary N) is 1.